The molecule has 0 N–H and O–H groups in total. The van der Waals surface area contributed by atoms with E-state index in [9.17, 15) is 16.8 Å². The molecule has 4 aromatic carbocycles. The van der Waals surface area contributed by atoms with E-state index >= 15 is 0 Å². The van der Waals surface area contributed by atoms with E-state index < -0.39 is 19.7 Å². The number of benzene rings is 4. The van der Waals surface area contributed by atoms with Gasteiger partial charge in [-0.1, -0.05) is 89.9 Å². The average molecular weight is 503 g/mol. The third-order valence-electron chi connectivity index (χ3n) is 4.87. The van der Waals surface area contributed by atoms with Gasteiger partial charge in [0.25, 0.3) is 0 Å². The van der Waals surface area contributed by atoms with Crippen LogP contribution in [0.5, 0.6) is 0 Å². The third-order valence-corrected chi connectivity index (χ3v) is 9.65. The van der Waals surface area contributed by atoms with E-state index in [4.69, 9.17) is 23.2 Å². The molecule has 0 aliphatic rings. The highest BCUT2D eigenvalue weighted by atomic mass is 35.5. The lowest BCUT2D eigenvalue weighted by Gasteiger charge is -2.17. The van der Waals surface area contributed by atoms with Crippen molar-refractivity contribution in [3.05, 3.63) is 107 Å². The molecule has 32 heavy (non-hydrogen) atoms. The second kappa shape index (κ2) is 8.71. The Morgan fingerprint density at radius 2 is 0.938 bits per heavy atom. The van der Waals surface area contributed by atoms with Gasteiger partial charge in [-0.2, -0.15) is 0 Å². The summed E-state index contributed by atoms with van der Waals surface area (Å²) in [5, 5.41) is -0.00448. The molecule has 0 unspecified atom stereocenters. The van der Waals surface area contributed by atoms with Crippen molar-refractivity contribution in [1.29, 1.82) is 0 Å². The summed E-state index contributed by atoms with van der Waals surface area (Å²) in [5.74, 6) is 0. The number of halogens is 2. The molecule has 0 spiro atoms. The SMILES string of the molecule is O=S(=O)(c1ccccc1Cl)c1cccc(-c2ccccc2)c1S(=O)(=O)c1ccccc1Cl. The maximum atomic E-state index is 13.9. The van der Waals surface area contributed by atoms with Crippen LogP contribution in [0.3, 0.4) is 0 Å². The van der Waals surface area contributed by atoms with Gasteiger partial charge in [-0.25, -0.2) is 16.8 Å². The van der Waals surface area contributed by atoms with Crippen molar-refractivity contribution >= 4 is 42.9 Å². The Morgan fingerprint density at radius 1 is 0.469 bits per heavy atom. The molecule has 4 nitrogen and oxygen atoms in total. The van der Waals surface area contributed by atoms with Crippen LogP contribution >= 0.6 is 23.2 Å². The fourth-order valence-corrected chi connectivity index (χ4v) is 7.98. The van der Waals surface area contributed by atoms with Crippen LogP contribution in [0.25, 0.3) is 11.1 Å². The largest absolute Gasteiger partial charge is 0.218 e. The molecular formula is C24H16Cl2O4S2. The molecule has 0 aliphatic heterocycles. The van der Waals surface area contributed by atoms with Crippen molar-refractivity contribution in [3.63, 3.8) is 0 Å². The first-order chi connectivity index (χ1) is 15.2. The van der Waals surface area contributed by atoms with E-state index in [1.54, 1.807) is 48.5 Å². The molecule has 0 fully saturated rings. The van der Waals surface area contributed by atoms with E-state index in [1.165, 1.54) is 48.5 Å². The Kier molecular flexibility index (Phi) is 6.14. The predicted octanol–water partition coefficient (Wildman–Crippen LogP) is 6.33. The Balaban J connectivity index is 2.12. The van der Waals surface area contributed by atoms with Crippen LogP contribution in [-0.2, 0) is 19.7 Å². The minimum absolute atomic E-state index is 0.00120. The lowest BCUT2D eigenvalue weighted by molar-refractivity contribution is 0.583. The second-order valence-corrected chi connectivity index (χ2v) is 11.4. The topological polar surface area (TPSA) is 68.3 Å². The highest BCUT2D eigenvalue weighted by Crippen LogP contribution is 2.40. The molecule has 4 rings (SSSR count). The summed E-state index contributed by atoms with van der Waals surface area (Å²) >= 11 is 12.4. The minimum Gasteiger partial charge on any atom is -0.218 e. The van der Waals surface area contributed by atoms with Crippen LogP contribution in [0.1, 0.15) is 0 Å². The molecule has 0 heterocycles. The zero-order valence-electron chi connectivity index (χ0n) is 16.4. The van der Waals surface area contributed by atoms with E-state index in [1.807, 2.05) is 0 Å². The lowest BCUT2D eigenvalue weighted by Crippen LogP contribution is -2.13. The van der Waals surface area contributed by atoms with E-state index in [0.717, 1.165) is 0 Å². The summed E-state index contributed by atoms with van der Waals surface area (Å²) in [6.07, 6.45) is 0. The predicted molar refractivity (Wildman–Crippen MR) is 126 cm³/mol. The molecule has 4 aromatic rings. The van der Waals surface area contributed by atoms with Gasteiger partial charge in [-0.15, -0.1) is 0 Å². The molecule has 8 heteroatoms. The summed E-state index contributed by atoms with van der Waals surface area (Å²) in [7, 11) is -8.63. The summed E-state index contributed by atoms with van der Waals surface area (Å²) in [6, 6.07) is 24.9. The van der Waals surface area contributed by atoms with E-state index in [0.29, 0.717) is 5.56 Å². The van der Waals surface area contributed by atoms with Crippen LogP contribution in [0, 0.1) is 0 Å². The van der Waals surface area contributed by atoms with Crippen LogP contribution in [-0.4, -0.2) is 16.8 Å². The number of sulfone groups is 2. The molecular weight excluding hydrogens is 487 g/mol. The van der Waals surface area contributed by atoms with Gasteiger partial charge in [0, 0.05) is 5.56 Å². The van der Waals surface area contributed by atoms with Crippen LogP contribution in [0.15, 0.2) is 117 Å². The fraction of sp³-hybridized carbons (Fsp3) is 0. The molecule has 0 aliphatic carbocycles. The molecule has 0 amide bonds. The first-order valence-corrected chi connectivity index (χ1v) is 13.1. The molecule has 0 saturated carbocycles. The van der Waals surface area contributed by atoms with E-state index in [-0.39, 0.29) is 35.2 Å². The van der Waals surface area contributed by atoms with Gasteiger partial charge in [0.05, 0.1) is 29.6 Å². The zero-order chi connectivity index (χ0) is 22.9. The van der Waals surface area contributed by atoms with Gasteiger partial charge in [-0.3, -0.25) is 0 Å². The number of rotatable bonds is 5. The van der Waals surface area contributed by atoms with Crippen LogP contribution < -0.4 is 0 Å². The Morgan fingerprint density at radius 3 is 1.50 bits per heavy atom. The summed E-state index contributed by atoms with van der Waals surface area (Å²) < 4.78 is 55.0. The fourth-order valence-electron chi connectivity index (χ4n) is 3.40. The minimum atomic E-state index is -4.34. The Hall–Kier alpha value is -2.64. The molecule has 0 saturated heterocycles. The van der Waals surface area contributed by atoms with Gasteiger partial charge in [0.15, 0.2) is 0 Å². The van der Waals surface area contributed by atoms with Gasteiger partial charge in [0.2, 0.25) is 19.7 Å². The molecule has 0 aromatic heterocycles. The molecule has 162 valence electrons. The highest BCUT2D eigenvalue weighted by Gasteiger charge is 2.34. The van der Waals surface area contributed by atoms with Gasteiger partial charge >= 0.3 is 0 Å². The number of hydrogen-bond donors (Lipinski definition) is 0. The summed E-state index contributed by atoms with van der Waals surface area (Å²) in [6.45, 7) is 0. The first-order valence-electron chi connectivity index (χ1n) is 9.42. The van der Waals surface area contributed by atoms with Gasteiger partial charge in [-0.05, 0) is 35.9 Å². The smallest absolute Gasteiger partial charge is 0.209 e. The molecule has 0 radical (unpaired) electrons. The van der Waals surface area contributed by atoms with Gasteiger partial charge < -0.3 is 0 Å². The second-order valence-electron chi connectivity index (χ2n) is 6.87. The first kappa shape index (κ1) is 22.6. The van der Waals surface area contributed by atoms with E-state index in [2.05, 4.69) is 0 Å². The maximum Gasteiger partial charge on any atom is 0.209 e. The van der Waals surface area contributed by atoms with Crippen molar-refractivity contribution in [1.82, 2.24) is 0 Å². The van der Waals surface area contributed by atoms with Crippen LogP contribution in [0.2, 0.25) is 10.0 Å². The summed E-state index contributed by atoms with van der Waals surface area (Å²) in [4.78, 5) is -1.07. The Labute approximate surface area is 196 Å². The van der Waals surface area contributed by atoms with Crippen molar-refractivity contribution in [2.75, 3.05) is 0 Å². The monoisotopic (exact) mass is 502 g/mol. The Bertz CT molecular complexity index is 1510. The maximum absolute atomic E-state index is 13.9. The van der Waals surface area contributed by atoms with Crippen molar-refractivity contribution in [2.45, 2.75) is 19.6 Å². The molecule has 0 atom stereocenters. The van der Waals surface area contributed by atoms with Gasteiger partial charge in [0.1, 0.15) is 0 Å². The van der Waals surface area contributed by atoms with Crippen molar-refractivity contribution in [3.8, 4) is 11.1 Å². The van der Waals surface area contributed by atoms with Crippen molar-refractivity contribution < 1.29 is 16.8 Å². The highest BCUT2D eigenvalue weighted by molar-refractivity contribution is 7.94. The standard InChI is InChI=1S/C24H16Cl2O4S2/c25-19-12-4-6-14-21(19)31(27,28)23-16-8-11-18(17-9-2-1-3-10-17)24(23)32(29,30)22-15-7-5-13-20(22)26/h1-16H. The zero-order valence-corrected chi connectivity index (χ0v) is 19.6. The normalized spacial score (nSPS) is 11.9. The lowest BCUT2D eigenvalue weighted by atomic mass is 10.1. The molecule has 0 bridgehead atoms. The summed E-state index contributed by atoms with van der Waals surface area (Å²) in [5.41, 5.74) is 0.799. The quantitative estimate of drug-likeness (QED) is 0.319. The number of hydrogen-bond acceptors (Lipinski definition) is 4. The van der Waals surface area contributed by atoms with Crippen molar-refractivity contribution in [2.24, 2.45) is 0 Å². The average Bonchev–Trinajstić information content (AvgIpc) is 2.79. The van der Waals surface area contributed by atoms with Crippen LogP contribution in [0.4, 0.5) is 0 Å². The third kappa shape index (κ3) is 3.95.